The number of halogens is 1. The zero-order valence-electron chi connectivity index (χ0n) is 13.4. The van der Waals surface area contributed by atoms with Crippen molar-refractivity contribution >= 4 is 28.8 Å². The van der Waals surface area contributed by atoms with Crippen LogP contribution in [0.5, 0.6) is 5.75 Å². The topological polar surface area (TPSA) is 51.2 Å². The standard InChI is InChI=1S/C17H21ClN2O2S/c1-12-10-14(18)5-6-16(12)22-9-3-4-17(21)19-8-7-15-11-23-13(2)20-15/h5-6,10-11H,3-4,7-9H2,1-2H3,(H,19,21). The highest BCUT2D eigenvalue weighted by Gasteiger charge is 2.04. The number of ether oxygens (including phenoxy) is 1. The second-order valence-corrected chi connectivity index (χ2v) is 6.82. The number of carbonyl (C=O) groups is 1. The lowest BCUT2D eigenvalue weighted by atomic mass is 10.2. The molecule has 0 spiro atoms. The van der Waals surface area contributed by atoms with Crippen LogP contribution in [-0.4, -0.2) is 24.0 Å². The third-order valence-corrected chi connectivity index (χ3v) is 4.37. The van der Waals surface area contributed by atoms with E-state index in [1.54, 1.807) is 17.4 Å². The molecule has 6 heteroatoms. The van der Waals surface area contributed by atoms with Gasteiger partial charge >= 0.3 is 0 Å². The van der Waals surface area contributed by atoms with E-state index in [-0.39, 0.29) is 5.91 Å². The van der Waals surface area contributed by atoms with Crippen molar-refractivity contribution in [3.05, 3.63) is 44.9 Å². The summed E-state index contributed by atoms with van der Waals surface area (Å²) >= 11 is 7.53. The molecule has 1 aromatic heterocycles. The number of rotatable bonds is 8. The van der Waals surface area contributed by atoms with Crippen molar-refractivity contribution in [2.45, 2.75) is 33.1 Å². The molecule has 0 saturated heterocycles. The normalized spacial score (nSPS) is 10.6. The van der Waals surface area contributed by atoms with Gasteiger partial charge in [0.05, 0.1) is 17.3 Å². The van der Waals surface area contributed by atoms with Crippen molar-refractivity contribution in [2.75, 3.05) is 13.2 Å². The second kappa shape index (κ2) is 8.89. The van der Waals surface area contributed by atoms with E-state index in [4.69, 9.17) is 16.3 Å². The molecule has 1 N–H and O–H groups in total. The molecule has 0 aliphatic carbocycles. The molecule has 0 atom stereocenters. The van der Waals surface area contributed by atoms with Crippen molar-refractivity contribution in [1.29, 1.82) is 0 Å². The fraction of sp³-hybridized carbons (Fsp3) is 0.412. The number of nitrogens with one attached hydrogen (secondary N) is 1. The summed E-state index contributed by atoms with van der Waals surface area (Å²) in [6, 6.07) is 5.52. The quantitative estimate of drug-likeness (QED) is 0.732. The minimum absolute atomic E-state index is 0.0494. The van der Waals surface area contributed by atoms with E-state index in [0.717, 1.165) is 28.4 Å². The van der Waals surface area contributed by atoms with Gasteiger partial charge in [-0.05, 0) is 44.0 Å². The van der Waals surface area contributed by atoms with Gasteiger partial charge in [0.2, 0.25) is 5.91 Å². The van der Waals surface area contributed by atoms with E-state index in [1.165, 1.54) is 0 Å². The highest BCUT2D eigenvalue weighted by Crippen LogP contribution is 2.21. The Balaban J connectivity index is 1.59. The Hall–Kier alpha value is -1.59. The third kappa shape index (κ3) is 6.20. The predicted molar refractivity (Wildman–Crippen MR) is 94.5 cm³/mol. The molecule has 1 amide bonds. The van der Waals surface area contributed by atoms with Gasteiger partial charge in [-0.15, -0.1) is 11.3 Å². The van der Waals surface area contributed by atoms with Gasteiger partial charge in [-0.2, -0.15) is 0 Å². The first kappa shape index (κ1) is 17.8. The molecular weight excluding hydrogens is 332 g/mol. The molecule has 0 aliphatic heterocycles. The summed E-state index contributed by atoms with van der Waals surface area (Å²) in [5.41, 5.74) is 2.04. The fourth-order valence-corrected chi connectivity index (χ4v) is 3.00. The highest BCUT2D eigenvalue weighted by molar-refractivity contribution is 7.09. The monoisotopic (exact) mass is 352 g/mol. The highest BCUT2D eigenvalue weighted by atomic mass is 35.5. The Labute approximate surface area is 145 Å². The van der Waals surface area contributed by atoms with Crippen LogP contribution in [0, 0.1) is 13.8 Å². The molecule has 0 bridgehead atoms. The van der Waals surface area contributed by atoms with Crippen LogP contribution in [0.15, 0.2) is 23.6 Å². The molecule has 0 fully saturated rings. The molecule has 2 aromatic rings. The van der Waals surface area contributed by atoms with Gasteiger partial charge in [0.1, 0.15) is 5.75 Å². The maximum absolute atomic E-state index is 11.8. The van der Waals surface area contributed by atoms with Crippen molar-refractivity contribution in [1.82, 2.24) is 10.3 Å². The SMILES string of the molecule is Cc1nc(CCNC(=O)CCCOc2ccc(Cl)cc2C)cs1. The number of benzene rings is 1. The van der Waals surface area contributed by atoms with Gasteiger partial charge in [-0.1, -0.05) is 11.6 Å². The largest absolute Gasteiger partial charge is 0.493 e. The van der Waals surface area contributed by atoms with Gasteiger partial charge in [0, 0.05) is 29.8 Å². The van der Waals surface area contributed by atoms with Crippen LogP contribution in [0.25, 0.3) is 0 Å². The van der Waals surface area contributed by atoms with Gasteiger partial charge in [0.15, 0.2) is 0 Å². The van der Waals surface area contributed by atoms with Gasteiger partial charge in [-0.25, -0.2) is 4.98 Å². The summed E-state index contributed by atoms with van der Waals surface area (Å²) in [6.07, 6.45) is 1.92. The van der Waals surface area contributed by atoms with Crippen molar-refractivity contribution in [3.63, 3.8) is 0 Å². The molecule has 23 heavy (non-hydrogen) atoms. The number of thiazole rings is 1. The van der Waals surface area contributed by atoms with Crippen LogP contribution in [0.3, 0.4) is 0 Å². The first-order valence-corrected chi connectivity index (χ1v) is 8.87. The summed E-state index contributed by atoms with van der Waals surface area (Å²) in [5, 5.41) is 6.70. The number of hydrogen-bond donors (Lipinski definition) is 1. The molecule has 0 radical (unpaired) electrons. The molecule has 0 saturated carbocycles. The van der Waals surface area contributed by atoms with Crippen LogP contribution < -0.4 is 10.1 Å². The van der Waals surface area contributed by atoms with Gasteiger partial charge in [-0.3, -0.25) is 4.79 Å². The van der Waals surface area contributed by atoms with Crippen LogP contribution >= 0.6 is 22.9 Å². The Morgan fingerprint density at radius 3 is 2.91 bits per heavy atom. The number of aryl methyl sites for hydroxylation is 2. The number of nitrogens with zero attached hydrogens (tertiary/aromatic N) is 1. The van der Waals surface area contributed by atoms with Gasteiger partial charge < -0.3 is 10.1 Å². The average Bonchev–Trinajstić information content (AvgIpc) is 2.91. The lowest BCUT2D eigenvalue weighted by Gasteiger charge is -2.09. The zero-order chi connectivity index (χ0) is 16.7. The third-order valence-electron chi connectivity index (χ3n) is 3.31. The Morgan fingerprint density at radius 1 is 1.39 bits per heavy atom. The van der Waals surface area contributed by atoms with Crippen molar-refractivity contribution in [3.8, 4) is 5.75 Å². The lowest BCUT2D eigenvalue weighted by molar-refractivity contribution is -0.121. The van der Waals surface area contributed by atoms with Crippen molar-refractivity contribution < 1.29 is 9.53 Å². The van der Waals surface area contributed by atoms with E-state index in [9.17, 15) is 4.79 Å². The van der Waals surface area contributed by atoms with E-state index in [0.29, 0.717) is 31.0 Å². The van der Waals surface area contributed by atoms with Crippen LogP contribution in [0.2, 0.25) is 5.02 Å². The summed E-state index contributed by atoms with van der Waals surface area (Å²) < 4.78 is 5.67. The molecule has 2 rings (SSSR count). The van der Waals surface area contributed by atoms with Crippen LogP contribution in [-0.2, 0) is 11.2 Å². The smallest absolute Gasteiger partial charge is 0.220 e. The fourth-order valence-electron chi connectivity index (χ4n) is 2.13. The average molecular weight is 353 g/mol. The predicted octanol–water partition coefficient (Wildman–Crippen LogP) is 3.93. The maximum atomic E-state index is 11.8. The minimum Gasteiger partial charge on any atom is -0.493 e. The number of carbonyl (C=O) groups excluding carboxylic acids is 1. The van der Waals surface area contributed by atoms with Crippen molar-refractivity contribution in [2.24, 2.45) is 0 Å². The Kier molecular flexibility index (Phi) is 6.86. The first-order chi connectivity index (χ1) is 11.0. The van der Waals surface area contributed by atoms with E-state index in [2.05, 4.69) is 10.3 Å². The summed E-state index contributed by atoms with van der Waals surface area (Å²) in [5.74, 6) is 0.863. The number of aromatic nitrogens is 1. The molecular formula is C17H21ClN2O2S. The molecule has 4 nitrogen and oxygen atoms in total. The second-order valence-electron chi connectivity index (χ2n) is 5.32. The minimum atomic E-state index is 0.0494. The molecule has 1 aromatic carbocycles. The molecule has 1 heterocycles. The Morgan fingerprint density at radius 2 is 2.22 bits per heavy atom. The Bertz CT molecular complexity index is 658. The summed E-state index contributed by atoms with van der Waals surface area (Å²) in [6.45, 7) is 5.07. The molecule has 0 unspecified atom stereocenters. The van der Waals surface area contributed by atoms with Crippen LogP contribution in [0.4, 0.5) is 0 Å². The van der Waals surface area contributed by atoms with Gasteiger partial charge in [0.25, 0.3) is 0 Å². The number of amides is 1. The zero-order valence-corrected chi connectivity index (χ0v) is 15.0. The van der Waals surface area contributed by atoms with Crippen LogP contribution in [0.1, 0.15) is 29.1 Å². The first-order valence-electron chi connectivity index (χ1n) is 7.61. The molecule has 0 aliphatic rings. The van der Waals surface area contributed by atoms with E-state index >= 15 is 0 Å². The van der Waals surface area contributed by atoms with E-state index < -0.39 is 0 Å². The summed E-state index contributed by atoms with van der Waals surface area (Å²) in [4.78, 5) is 16.1. The number of hydrogen-bond acceptors (Lipinski definition) is 4. The lowest BCUT2D eigenvalue weighted by Crippen LogP contribution is -2.25. The van der Waals surface area contributed by atoms with E-state index in [1.807, 2.05) is 31.4 Å². The maximum Gasteiger partial charge on any atom is 0.220 e. The summed E-state index contributed by atoms with van der Waals surface area (Å²) in [7, 11) is 0. The molecule has 124 valence electrons.